The van der Waals surface area contributed by atoms with Gasteiger partial charge in [-0.2, -0.15) is 5.10 Å². The zero-order chi connectivity index (χ0) is 15.6. The summed E-state index contributed by atoms with van der Waals surface area (Å²) in [4.78, 5) is 23.8. The second-order valence-electron chi connectivity index (χ2n) is 4.91. The average molecular weight is 304 g/mol. The number of nitrogens with zero attached hydrogens (tertiary/aromatic N) is 4. The van der Waals surface area contributed by atoms with Gasteiger partial charge in [-0.25, -0.2) is 14.6 Å². The summed E-state index contributed by atoms with van der Waals surface area (Å²) in [7, 11) is 0. The maximum Gasteiger partial charge on any atom is 0.258 e. The fraction of sp³-hybridized carbons (Fsp3) is 0. The van der Waals surface area contributed by atoms with Gasteiger partial charge in [-0.1, -0.05) is 18.2 Å². The Hall–Kier alpha value is -3.48. The zero-order valence-corrected chi connectivity index (χ0v) is 12.0. The van der Waals surface area contributed by atoms with Crippen LogP contribution in [0.4, 0.5) is 5.82 Å². The molecule has 1 amide bonds. The fourth-order valence-corrected chi connectivity index (χ4v) is 2.39. The molecule has 0 atom stereocenters. The van der Waals surface area contributed by atoms with Gasteiger partial charge in [-0.05, 0) is 12.1 Å². The van der Waals surface area contributed by atoms with Crippen molar-refractivity contribution in [2.75, 3.05) is 5.32 Å². The van der Waals surface area contributed by atoms with Gasteiger partial charge in [-0.15, -0.1) is 0 Å². The number of rotatable bonds is 3. The molecule has 0 aliphatic heterocycles. The average Bonchev–Trinajstić information content (AvgIpc) is 3.25. The van der Waals surface area contributed by atoms with Gasteiger partial charge in [0.05, 0.1) is 5.56 Å². The van der Waals surface area contributed by atoms with E-state index >= 15 is 0 Å². The fourth-order valence-electron chi connectivity index (χ4n) is 2.39. The molecule has 23 heavy (non-hydrogen) atoms. The van der Waals surface area contributed by atoms with Gasteiger partial charge in [0, 0.05) is 35.6 Å². The summed E-state index contributed by atoms with van der Waals surface area (Å²) in [5.41, 5.74) is 1.48. The summed E-state index contributed by atoms with van der Waals surface area (Å²) in [5.74, 6) is 0.771. The minimum absolute atomic E-state index is 0.229. The van der Waals surface area contributed by atoms with Crippen molar-refractivity contribution in [1.82, 2.24) is 24.7 Å². The lowest BCUT2D eigenvalue weighted by atomic mass is 10.1. The number of amides is 1. The van der Waals surface area contributed by atoms with E-state index in [9.17, 15) is 4.79 Å². The number of carbonyl (C=O) groups is 1. The van der Waals surface area contributed by atoms with Crippen molar-refractivity contribution in [1.29, 1.82) is 0 Å². The summed E-state index contributed by atoms with van der Waals surface area (Å²) < 4.78 is 1.60. The molecule has 0 unspecified atom stereocenters. The number of hydrogen-bond donors (Lipinski definition) is 2. The van der Waals surface area contributed by atoms with Gasteiger partial charge < -0.3 is 10.3 Å². The summed E-state index contributed by atoms with van der Waals surface area (Å²) in [6.45, 7) is 0. The number of nitrogens with one attached hydrogen (secondary N) is 2. The summed E-state index contributed by atoms with van der Waals surface area (Å²) in [6.07, 6.45) is 6.51. The van der Waals surface area contributed by atoms with E-state index in [1.54, 1.807) is 35.4 Å². The first-order chi connectivity index (χ1) is 11.3. The molecule has 3 aromatic heterocycles. The lowest BCUT2D eigenvalue weighted by molar-refractivity contribution is 0.102. The van der Waals surface area contributed by atoms with Crippen LogP contribution in [0.2, 0.25) is 0 Å². The van der Waals surface area contributed by atoms with Crippen LogP contribution in [0.5, 0.6) is 0 Å². The van der Waals surface area contributed by atoms with Crippen LogP contribution in [0, 0.1) is 0 Å². The Morgan fingerprint density at radius 3 is 2.96 bits per heavy atom. The maximum atomic E-state index is 12.5. The standard InChI is InChI=1S/C16H12N6O/c23-16(12-9-17-13-5-2-1-4-11(12)13)21-14-8-15(19-10-18-14)22-7-3-6-20-22/h1-10,17H,(H,18,19,21,23). The number of benzene rings is 1. The van der Waals surface area contributed by atoms with Crippen molar-refractivity contribution in [3.05, 3.63) is 66.9 Å². The quantitative estimate of drug-likeness (QED) is 0.608. The smallest absolute Gasteiger partial charge is 0.258 e. The van der Waals surface area contributed by atoms with E-state index in [1.165, 1.54) is 6.33 Å². The van der Waals surface area contributed by atoms with E-state index in [1.807, 2.05) is 24.3 Å². The maximum absolute atomic E-state index is 12.5. The highest BCUT2D eigenvalue weighted by atomic mass is 16.1. The Balaban J connectivity index is 1.63. The van der Waals surface area contributed by atoms with Gasteiger partial charge in [-0.3, -0.25) is 4.79 Å². The third kappa shape index (κ3) is 2.44. The first kappa shape index (κ1) is 13.2. The van der Waals surface area contributed by atoms with Crippen LogP contribution in [0.15, 0.2) is 61.3 Å². The van der Waals surface area contributed by atoms with Gasteiger partial charge in [0.1, 0.15) is 12.1 Å². The molecule has 0 fully saturated rings. The zero-order valence-electron chi connectivity index (χ0n) is 12.0. The van der Waals surface area contributed by atoms with Gasteiger partial charge in [0.2, 0.25) is 0 Å². The Morgan fingerprint density at radius 2 is 2.09 bits per heavy atom. The topological polar surface area (TPSA) is 88.5 Å². The normalized spacial score (nSPS) is 10.8. The van der Waals surface area contributed by atoms with Crippen LogP contribution in [-0.4, -0.2) is 30.6 Å². The number of para-hydroxylation sites is 1. The predicted octanol–water partition coefficient (Wildman–Crippen LogP) is 2.40. The number of aromatic amines is 1. The molecule has 7 heteroatoms. The van der Waals surface area contributed by atoms with Crippen molar-refractivity contribution in [3.63, 3.8) is 0 Å². The van der Waals surface area contributed by atoms with Crippen LogP contribution < -0.4 is 5.32 Å². The molecular formula is C16H12N6O. The second-order valence-corrected chi connectivity index (χ2v) is 4.91. The molecule has 4 aromatic rings. The van der Waals surface area contributed by atoms with Crippen LogP contribution in [0.1, 0.15) is 10.4 Å². The van der Waals surface area contributed by atoms with Crippen LogP contribution in [-0.2, 0) is 0 Å². The van der Waals surface area contributed by atoms with Gasteiger partial charge >= 0.3 is 0 Å². The molecule has 0 aliphatic carbocycles. The van der Waals surface area contributed by atoms with E-state index in [-0.39, 0.29) is 5.91 Å². The molecule has 1 aromatic carbocycles. The first-order valence-electron chi connectivity index (χ1n) is 7.01. The molecule has 0 saturated carbocycles. The summed E-state index contributed by atoms with van der Waals surface area (Å²) in [6, 6.07) is 11.1. The van der Waals surface area contributed by atoms with Crippen molar-refractivity contribution < 1.29 is 4.79 Å². The lowest BCUT2D eigenvalue weighted by Gasteiger charge is -2.05. The molecule has 0 bridgehead atoms. The lowest BCUT2D eigenvalue weighted by Crippen LogP contribution is -2.13. The third-order valence-electron chi connectivity index (χ3n) is 3.47. The van der Waals surface area contributed by atoms with Crippen LogP contribution >= 0.6 is 0 Å². The highest BCUT2D eigenvalue weighted by Crippen LogP contribution is 2.19. The second kappa shape index (κ2) is 5.38. The monoisotopic (exact) mass is 304 g/mol. The number of aromatic nitrogens is 5. The minimum Gasteiger partial charge on any atom is -0.360 e. The minimum atomic E-state index is -0.229. The van der Waals surface area contributed by atoms with Crippen LogP contribution in [0.25, 0.3) is 16.7 Å². The number of carbonyl (C=O) groups excluding carboxylic acids is 1. The van der Waals surface area contributed by atoms with E-state index in [4.69, 9.17) is 0 Å². The number of hydrogen-bond acceptors (Lipinski definition) is 4. The molecular weight excluding hydrogens is 292 g/mol. The Bertz CT molecular complexity index is 973. The largest absolute Gasteiger partial charge is 0.360 e. The third-order valence-corrected chi connectivity index (χ3v) is 3.47. The molecule has 7 nitrogen and oxygen atoms in total. The first-order valence-corrected chi connectivity index (χ1v) is 7.01. The van der Waals surface area contributed by atoms with Gasteiger partial charge in [0.15, 0.2) is 5.82 Å². The van der Waals surface area contributed by atoms with E-state index in [0.717, 1.165) is 10.9 Å². The number of H-pyrrole nitrogens is 1. The number of anilines is 1. The predicted molar refractivity (Wildman–Crippen MR) is 85.4 cm³/mol. The highest BCUT2D eigenvalue weighted by molar-refractivity contribution is 6.12. The molecule has 0 saturated heterocycles. The Kier molecular flexibility index (Phi) is 3.09. The van der Waals surface area contributed by atoms with Crippen molar-refractivity contribution >= 4 is 22.6 Å². The van der Waals surface area contributed by atoms with Crippen LogP contribution in [0.3, 0.4) is 0 Å². The summed E-state index contributed by atoms with van der Waals surface area (Å²) in [5, 5.41) is 7.76. The van der Waals surface area contributed by atoms with Crippen molar-refractivity contribution in [2.45, 2.75) is 0 Å². The molecule has 0 spiro atoms. The van der Waals surface area contributed by atoms with Gasteiger partial charge in [0.25, 0.3) is 5.91 Å². The molecule has 2 N–H and O–H groups in total. The van der Waals surface area contributed by atoms with E-state index in [0.29, 0.717) is 17.2 Å². The Morgan fingerprint density at radius 1 is 1.17 bits per heavy atom. The molecule has 3 heterocycles. The van der Waals surface area contributed by atoms with Crippen molar-refractivity contribution in [3.8, 4) is 5.82 Å². The van der Waals surface area contributed by atoms with E-state index < -0.39 is 0 Å². The Labute approximate surface area is 131 Å². The molecule has 0 aliphatic rings. The molecule has 4 rings (SSSR count). The summed E-state index contributed by atoms with van der Waals surface area (Å²) >= 11 is 0. The number of fused-ring (bicyclic) bond motifs is 1. The van der Waals surface area contributed by atoms with Crippen molar-refractivity contribution in [2.24, 2.45) is 0 Å². The highest BCUT2D eigenvalue weighted by Gasteiger charge is 2.13. The molecule has 0 radical (unpaired) electrons. The van der Waals surface area contributed by atoms with E-state index in [2.05, 4.69) is 25.4 Å². The molecule has 112 valence electrons. The SMILES string of the molecule is O=C(Nc1cc(-n2cccn2)ncn1)c1c[nH]c2ccccc12.